The second kappa shape index (κ2) is 1.55. The molecule has 1 aliphatic rings. The van der Waals surface area contributed by atoms with Gasteiger partial charge in [0.25, 0.3) is 0 Å². The molecule has 0 nitrogen and oxygen atoms in total. The minimum absolute atomic E-state index is 0.227. The lowest BCUT2D eigenvalue weighted by atomic mass is 10.5. The first-order valence-electron chi connectivity index (χ1n) is 2.58. The summed E-state index contributed by atoms with van der Waals surface area (Å²) in [5.41, 5.74) is 0. The first-order valence-corrected chi connectivity index (χ1v) is 5.26. The highest BCUT2D eigenvalue weighted by Gasteiger charge is 2.09. The van der Waals surface area contributed by atoms with E-state index >= 15 is 0 Å². The zero-order valence-corrected chi connectivity index (χ0v) is 5.79. The maximum atomic E-state index is 2.38. The molecule has 1 aliphatic heterocycles. The van der Waals surface area contributed by atoms with Crippen LogP contribution in [0.4, 0.5) is 0 Å². The second-order valence-corrected chi connectivity index (χ2v) is 6.42. The Labute approximate surface area is 46.9 Å². The molecule has 0 aromatic carbocycles. The topological polar surface area (TPSA) is 0 Å². The fraction of sp³-hybridized carbons (Fsp3) is 0.667. The molecule has 1 rings (SSSR count). The summed E-state index contributed by atoms with van der Waals surface area (Å²) >= 11 is 0. The lowest BCUT2D eigenvalue weighted by Crippen LogP contribution is -1.88. The Morgan fingerprint density at radius 2 is 2.14 bits per heavy atom. The fourth-order valence-electron chi connectivity index (χ4n) is 0.768. The molecule has 0 radical (unpaired) electrons. The Morgan fingerprint density at radius 3 is 2.29 bits per heavy atom. The van der Waals surface area contributed by atoms with Gasteiger partial charge in [0.15, 0.2) is 0 Å². The molecule has 7 heavy (non-hydrogen) atoms. The molecule has 0 atom stereocenters. The van der Waals surface area contributed by atoms with Gasteiger partial charge in [0, 0.05) is 0 Å². The van der Waals surface area contributed by atoms with Crippen molar-refractivity contribution in [1.29, 1.82) is 0 Å². The van der Waals surface area contributed by atoms with Crippen LogP contribution >= 0.6 is 10.0 Å². The molecule has 0 spiro atoms. The van der Waals surface area contributed by atoms with Gasteiger partial charge < -0.3 is 0 Å². The predicted octanol–water partition coefficient (Wildman–Crippen LogP) is 1.97. The van der Waals surface area contributed by atoms with Gasteiger partial charge in [-0.15, -0.1) is 0 Å². The molecule has 0 saturated heterocycles. The van der Waals surface area contributed by atoms with Crippen molar-refractivity contribution in [2.75, 3.05) is 18.3 Å². The third kappa shape index (κ3) is 1.23. The van der Waals surface area contributed by atoms with Crippen LogP contribution in [-0.4, -0.2) is 18.3 Å². The van der Waals surface area contributed by atoms with E-state index in [1.807, 2.05) is 0 Å². The summed E-state index contributed by atoms with van der Waals surface area (Å²) in [4.78, 5) is 0. The second-order valence-electron chi connectivity index (χ2n) is 2.49. The van der Waals surface area contributed by atoms with Gasteiger partial charge >= 0.3 is 0 Å². The van der Waals surface area contributed by atoms with E-state index in [1.54, 1.807) is 0 Å². The first kappa shape index (κ1) is 5.23. The molecule has 1 heterocycles. The van der Waals surface area contributed by atoms with Crippen LogP contribution in [0.5, 0.6) is 0 Å². The molecular formula is C6H12S. The average molecular weight is 116 g/mol. The molecule has 1 heteroatoms. The van der Waals surface area contributed by atoms with Crippen molar-refractivity contribution >= 4 is 10.0 Å². The number of hydrogen-bond acceptors (Lipinski definition) is 0. The monoisotopic (exact) mass is 116 g/mol. The Morgan fingerprint density at radius 1 is 1.43 bits per heavy atom. The molecule has 0 bridgehead atoms. The summed E-state index contributed by atoms with van der Waals surface area (Å²) in [6, 6.07) is 0. The SMILES string of the molecule is CS1(C)C=CCC1. The van der Waals surface area contributed by atoms with E-state index in [9.17, 15) is 0 Å². The predicted molar refractivity (Wildman–Crippen MR) is 38.1 cm³/mol. The molecule has 0 unspecified atom stereocenters. The van der Waals surface area contributed by atoms with Crippen molar-refractivity contribution in [2.45, 2.75) is 6.42 Å². The lowest BCUT2D eigenvalue weighted by molar-refractivity contribution is 1.27. The van der Waals surface area contributed by atoms with Crippen molar-refractivity contribution in [3.8, 4) is 0 Å². The number of hydrogen-bond donors (Lipinski definition) is 0. The largest absolute Gasteiger partial charge is 0.227 e. The van der Waals surface area contributed by atoms with Crippen LogP contribution in [0.1, 0.15) is 6.42 Å². The number of rotatable bonds is 0. The van der Waals surface area contributed by atoms with Crippen molar-refractivity contribution < 1.29 is 0 Å². The lowest BCUT2D eigenvalue weighted by Gasteiger charge is -2.20. The van der Waals surface area contributed by atoms with E-state index in [2.05, 4.69) is 24.0 Å². The summed E-state index contributed by atoms with van der Waals surface area (Å²) in [6.45, 7) is 0. The molecule has 0 aromatic rings. The van der Waals surface area contributed by atoms with Crippen LogP contribution in [0.3, 0.4) is 0 Å². The highest BCUT2D eigenvalue weighted by molar-refractivity contribution is 8.35. The van der Waals surface area contributed by atoms with Gasteiger partial charge in [0.1, 0.15) is 0 Å². The van der Waals surface area contributed by atoms with Crippen LogP contribution in [-0.2, 0) is 0 Å². The normalized spacial score (nSPS) is 30.6. The average Bonchev–Trinajstić information content (AvgIpc) is 1.84. The van der Waals surface area contributed by atoms with E-state index in [0.29, 0.717) is 0 Å². The minimum Gasteiger partial charge on any atom is -0.227 e. The standard InChI is InChI=1S/C6H12S/c1-7(2)5-3-4-6-7/h3,5H,4,6H2,1-2H3. The van der Waals surface area contributed by atoms with Gasteiger partial charge in [-0.25, -0.2) is 10.0 Å². The van der Waals surface area contributed by atoms with Gasteiger partial charge in [-0.2, -0.15) is 0 Å². The molecule has 0 saturated carbocycles. The van der Waals surface area contributed by atoms with Crippen molar-refractivity contribution in [2.24, 2.45) is 0 Å². The van der Waals surface area contributed by atoms with Crippen LogP contribution in [0.2, 0.25) is 0 Å². The summed E-state index contributed by atoms with van der Waals surface area (Å²) < 4.78 is 0. The van der Waals surface area contributed by atoms with E-state index in [0.717, 1.165) is 0 Å². The summed E-state index contributed by atoms with van der Waals surface area (Å²) in [5.74, 6) is 1.42. The van der Waals surface area contributed by atoms with Crippen molar-refractivity contribution in [3.05, 3.63) is 11.5 Å². The van der Waals surface area contributed by atoms with Gasteiger partial charge in [0.2, 0.25) is 0 Å². The first-order chi connectivity index (χ1) is 3.21. The molecule has 0 fully saturated rings. The van der Waals surface area contributed by atoms with Gasteiger partial charge in [-0.05, 0) is 24.7 Å². The molecule has 0 amide bonds. The third-order valence-electron chi connectivity index (χ3n) is 1.28. The Bertz CT molecular complexity index is 92.4. The highest BCUT2D eigenvalue weighted by atomic mass is 32.3. The smallest absolute Gasteiger partial charge is 0.0164 e. The van der Waals surface area contributed by atoms with E-state index in [4.69, 9.17) is 0 Å². The van der Waals surface area contributed by atoms with Crippen LogP contribution < -0.4 is 0 Å². The zero-order valence-electron chi connectivity index (χ0n) is 4.98. The van der Waals surface area contributed by atoms with Crippen LogP contribution in [0.25, 0.3) is 0 Å². The Hall–Kier alpha value is 0.0900. The van der Waals surface area contributed by atoms with Gasteiger partial charge in [-0.3, -0.25) is 0 Å². The summed E-state index contributed by atoms with van der Waals surface area (Å²) in [5, 5.41) is 2.38. The quantitative estimate of drug-likeness (QED) is 0.454. The molecule has 0 N–H and O–H groups in total. The van der Waals surface area contributed by atoms with Crippen LogP contribution in [0.15, 0.2) is 11.5 Å². The van der Waals surface area contributed by atoms with Crippen molar-refractivity contribution in [1.82, 2.24) is 0 Å². The Balaban J connectivity index is 2.57. The fourth-order valence-corrected chi connectivity index (χ4v) is 2.31. The van der Waals surface area contributed by atoms with E-state index in [-0.39, 0.29) is 10.0 Å². The molecular weight excluding hydrogens is 104 g/mol. The zero-order chi connectivity index (χ0) is 5.33. The van der Waals surface area contributed by atoms with Gasteiger partial charge in [0.05, 0.1) is 0 Å². The maximum absolute atomic E-state index is 2.38. The summed E-state index contributed by atoms with van der Waals surface area (Å²) in [7, 11) is -0.227. The Kier molecular flexibility index (Phi) is 1.16. The molecule has 0 aromatic heterocycles. The van der Waals surface area contributed by atoms with Crippen molar-refractivity contribution in [3.63, 3.8) is 0 Å². The van der Waals surface area contributed by atoms with E-state index < -0.39 is 0 Å². The highest BCUT2D eigenvalue weighted by Crippen LogP contribution is 2.45. The molecule has 0 aliphatic carbocycles. The third-order valence-corrected chi connectivity index (χ3v) is 3.49. The van der Waals surface area contributed by atoms with E-state index in [1.165, 1.54) is 12.2 Å². The minimum atomic E-state index is -0.227. The van der Waals surface area contributed by atoms with Gasteiger partial charge in [-0.1, -0.05) is 11.5 Å². The van der Waals surface area contributed by atoms with Crippen LogP contribution in [0, 0.1) is 0 Å². The maximum Gasteiger partial charge on any atom is -0.0164 e. The number of allylic oxidation sites excluding steroid dienone is 1. The molecule has 42 valence electrons. The summed E-state index contributed by atoms with van der Waals surface area (Å²) in [6.07, 6.45) is 8.34.